The summed E-state index contributed by atoms with van der Waals surface area (Å²) in [6.45, 7) is 2.45. The largest absolute Gasteiger partial charge is 0.326 e. The van der Waals surface area contributed by atoms with Crippen molar-refractivity contribution in [2.75, 3.05) is 0 Å². The molecule has 1 aromatic carbocycles. The number of hydrogen-bond donors (Lipinski definition) is 1. The lowest BCUT2D eigenvalue weighted by molar-refractivity contribution is 1.05. The summed E-state index contributed by atoms with van der Waals surface area (Å²) in [5.41, 5.74) is 8.28. The zero-order valence-corrected chi connectivity index (χ0v) is 8.92. The molecule has 0 aromatic heterocycles. The van der Waals surface area contributed by atoms with Crippen LogP contribution in [-0.2, 0) is 6.54 Å². The quantitative estimate of drug-likeness (QED) is 0.794. The maximum absolute atomic E-state index is 8.76. The Bertz CT molecular complexity index is 339. The molecule has 0 saturated carbocycles. The van der Waals surface area contributed by atoms with Gasteiger partial charge in [0, 0.05) is 10.1 Å². The molecule has 1 aromatic rings. The Hall–Kier alpha value is -0.600. The first-order valence-electron chi connectivity index (χ1n) is 3.58. The number of aryl methyl sites for hydroxylation is 1. The molecule has 0 amide bonds. The van der Waals surface area contributed by atoms with Gasteiger partial charge >= 0.3 is 0 Å². The molecule has 0 atom stereocenters. The first kappa shape index (κ1) is 9.49. The van der Waals surface area contributed by atoms with E-state index in [-0.39, 0.29) is 0 Å². The monoisotopic (exact) mass is 272 g/mol. The molecule has 0 aliphatic carbocycles. The molecule has 1 rings (SSSR count). The van der Waals surface area contributed by atoms with Gasteiger partial charge in [-0.25, -0.2) is 0 Å². The minimum Gasteiger partial charge on any atom is -0.326 e. The van der Waals surface area contributed by atoms with Crippen LogP contribution in [0.15, 0.2) is 12.1 Å². The van der Waals surface area contributed by atoms with Crippen molar-refractivity contribution in [1.29, 1.82) is 5.26 Å². The molecular weight excluding hydrogens is 263 g/mol. The Labute approximate surface area is 85.5 Å². The lowest BCUT2D eigenvalue weighted by Gasteiger charge is -2.03. The van der Waals surface area contributed by atoms with Crippen LogP contribution in [0.4, 0.5) is 0 Å². The van der Waals surface area contributed by atoms with E-state index in [1.54, 1.807) is 0 Å². The smallest absolute Gasteiger partial charge is 0.0995 e. The fourth-order valence-corrected chi connectivity index (χ4v) is 1.48. The van der Waals surface area contributed by atoms with Crippen molar-refractivity contribution in [2.24, 2.45) is 5.73 Å². The Morgan fingerprint density at radius 2 is 2.25 bits per heavy atom. The average molecular weight is 272 g/mol. The first-order valence-corrected chi connectivity index (χ1v) is 4.66. The number of nitrogens with two attached hydrogens (primary N) is 1. The lowest BCUT2D eigenvalue weighted by Crippen LogP contribution is -2.00. The first-order chi connectivity index (χ1) is 5.69. The van der Waals surface area contributed by atoms with E-state index in [1.165, 1.54) is 5.56 Å². The van der Waals surface area contributed by atoms with Crippen LogP contribution in [0.5, 0.6) is 0 Å². The van der Waals surface area contributed by atoms with Crippen LogP contribution in [0.3, 0.4) is 0 Å². The van der Waals surface area contributed by atoms with E-state index >= 15 is 0 Å². The van der Waals surface area contributed by atoms with Gasteiger partial charge in [-0.2, -0.15) is 5.26 Å². The third-order valence-corrected chi connectivity index (χ3v) is 2.89. The Kier molecular flexibility index (Phi) is 3.06. The summed E-state index contributed by atoms with van der Waals surface area (Å²) in [7, 11) is 0. The van der Waals surface area contributed by atoms with Crippen molar-refractivity contribution in [3.63, 3.8) is 0 Å². The molecule has 0 bridgehead atoms. The van der Waals surface area contributed by atoms with E-state index in [4.69, 9.17) is 11.0 Å². The van der Waals surface area contributed by atoms with Gasteiger partial charge in [0.25, 0.3) is 0 Å². The van der Waals surface area contributed by atoms with E-state index in [0.29, 0.717) is 12.1 Å². The SMILES string of the molecule is Cc1cc(CN)c(C#N)cc1I. The highest BCUT2D eigenvalue weighted by molar-refractivity contribution is 14.1. The number of benzene rings is 1. The van der Waals surface area contributed by atoms with E-state index in [1.807, 2.05) is 19.1 Å². The molecule has 0 saturated heterocycles. The Morgan fingerprint density at radius 3 is 2.75 bits per heavy atom. The zero-order valence-electron chi connectivity index (χ0n) is 6.76. The van der Waals surface area contributed by atoms with Gasteiger partial charge in [-0.15, -0.1) is 0 Å². The fourth-order valence-electron chi connectivity index (χ4n) is 1.01. The van der Waals surface area contributed by atoms with E-state index in [0.717, 1.165) is 9.13 Å². The summed E-state index contributed by atoms with van der Waals surface area (Å²) in [5.74, 6) is 0. The molecule has 3 heteroatoms. The Balaban J connectivity index is 3.31. The predicted molar refractivity (Wildman–Crippen MR) is 56.5 cm³/mol. The third kappa shape index (κ3) is 1.76. The number of rotatable bonds is 1. The van der Waals surface area contributed by atoms with Gasteiger partial charge < -0.3 is 5.73 Å². The molecule has 0 radical (unpaired) electrons. The summed E-state index contributed by atoms with van der Waals surface area (Å²) < 4.78 is 1.11. The highest BCUT2D eigenvalue weighted by Gasteiger charge is 2.03. The predicted octanol–water partition coefficient (Wildman–Crippen LogP) is 1.93. The summed E-state index contributed by atoms with van der Waals surface area (Å²) in [6, 6.07) is 5.98. The molecule has 0 unspecified atom stereocenters. The zero-order chi connectivity index (χ0) is 9.14. The van der Waals surface area contributed by atoms with E-state index in [2.05, 4.69) is 28.7 Å². The molecule has 0 fully saturated rings. The minimum atomic E-state index is 0.431. The van der Waals surface area contributed by atoms with E-state index < -0.39 is 0 Å². The average Bonchev–Trinajstić information content (AvgIpc) is 2.09. The summed E-state index contributed by atoms with van der Waals surface area (Å²) in [6.07, 6.45) is 0. The molecule has 2 nitrogen and oxygen atoms in total. The van der Waals surface area contributed by atoms with Crippen molar-refractivity contribution < 1.29 is 0 Å². The molecule has 12 heavy (non-hydrogen) atoms. The highest BCUT2D eigenvalue weighted by Crippen LogP contribution is 2.17. The fraction of sp³-hybridized carbons (Fsp3) is 0.222. The van der Waals surface area contributed by atoms with Crippen molar-refractivity contribution in [3.8, 4) is 6.07 Å². The topological polar surface area (TPSA) is 49.8 Å². The Morgan fingerprint density at radius 1 is 1.58 bits per heavy atom. The number of hydrogen-bond acceptors (Lipinski definition) is 2. The summed E-state index contributed by atoms with van der Waals surface area (Å²) in [4.78, 5) is 0. The molecule has 62 valence electrons. The van der Waals surface area contributed by atoms with Gasteiger partial charge in [0.2, 0.25) is 0 Å². The second-order valence-electron chi connectivity index (χ2n) is 2.57. The van der Waals surface area contributed by atoms with Crippen molar-refractivity contribution in [1.82, 2.24) is 0 Å². The molecule has 0 heterocycles. The molecule has 0 aliphatic heterocycles. The van der Waals surface area contributed by atoms with Crippen molar-refractivity contribution in [2.45, 2.75) is 13.5 Å². The number of halogens is 1. The van der Waals surface area contributed by atoms with Crippen molar-refractivity contribution in [3.05, 3.63) is 32.4 Å². The standard InChI is InChI=1S/C9H9IN2/c1-6-2-7(4-11)8(5-12)3-9(6)10/h2-3H,4,11H2,1H3. The molecule has 0 aliphatic rings. The van der Waals surface area contributed by atoms with Crippen molar-refractivity contribution >= 4 is 22.6 Å². The van der Waals surface area contributed by atoms with Crippen LogP contribution in [0, 0.1) is 21.8 Å². The number of nitriles is 1. The second-order valence-corrected chi connectivity index (χ2v) is 3.74. The maximum atomic E-state index is 8.76. The number of nitrogens with zero attached hydrogens (tertiary/aromatic N) is 1. The second kappa shape index (κ2) is 3.87. The third-order valence-electron chi connectivity index (χ3n) is 1.72. The summed E-state index contributed by atoms with van der Waals surface area (Å²) >= 11 is 2.21. The van der Waals surface area contributed by atoms with Gasteiger partial charge in [0.15, 0.2) is 0 Å². The van der Waals surface area contributed by atoms with Crippen LogP contribution in [0.25, 0.3) is 0 Å². The molecular formula is C9H9IN2. The van der Waals surface area contributed by atoms with Gasteiger partial charge in [-0.1, -0.05) is 6.07 Å². The van der Waals surface area contributed by atoms with Crippen LogP contribution < -0.4 is 5.73 Å². The van der Waals surface area contributed by atoms with Gasteiger partial charge in [-0.3, -0.25) is 0 Å². The van der Waals surface area contributed by atoms with Crippen LogP contribution in [0.1, 0.15) is 16.7 Å². The van der Waals surface area contributed by atoms with Crippen LogP contribution in [-0.4, -0.2) is 0 Å². The summed E-state index contributed by atoms with van der Waals surface area (Å²) in [5, 5.41) is 8.76. The van der Waals surface area contributed by atoms with Gasteiger partial charge in [-0.05, 0) is 46.7 Å². The van der Waals surface area contributed by atoms with E-state index in [9.17, 15) is 0 Å². The minimum absolute atomic E-state index is 0.431. The van der Waals surface area contributed by atoms with Gasteiger partial charge in [0.05, 0.1) is 11.6 Å². The maximum Gasteiger partial charge on any atom is 0.0995 e. The highest BCUT2D eigenvalue weighted by atomic mass is 127. The molecule has 0 spiro atoms. The van der Waals surface area contributed by atoms with Gasteiger partial charge in [0.1, 0.15) is 0 Å². The lowest BCUT2D eigenvalue weighted by atomic mass is 10.1. The normalized spacial score (nSPS) is 9.50. The molecule has 2 N–H and O–H groups in total. The van der Waals surface area contributed by atoms with Crippen LogP contribution in [0.2, 0.25) is 0 Å². The van der Waals surface area contributed by atoms with Crippen LogP contribution >= 0.6 is 22.6 Å².